The molecule has 2 atom stereocenters. The first-order chi connectivity index (χ1) is 10.4. The quantitative estimate of drug-likeness (QED) is 0.804. The van der Waals surface area contributed by atoms with E-state index in [-0.39, 0.29) is 17.9 Å². The topological polar surface area (TPSA) is 67.4 Å². The van der Waals surface area contributed by atoms with Crippen LogP contribution in [0.3, 0.4) is 0 Å². The van der Waals surface area contributed by atoms with Crippen LogP contribution in [0.15, 0.2) is 41.0 Å². The lowest BCUT2D eigenvalue weighted by molar-refractivity contribution is -0.149. The number of carbonyl (C=O) groups is 2. The van der Waals surface area contributed by atoms with E-state index in [1.54, 1.807) is 0 Å². The van der Waals surface area contributed by atoms with Crippen molar-refractivity contribution in [2.45, 2.75) is 19.9 Å². The number of ether oxygens (including phenoxy) is 1. The molecule has 0 spiro atoms. The number of urea groups is 1. The van der Waals surface area contributed by atoms with Gasteiger partial charge in [-0.05, 0) is 23.6 Å². The summed E-state index contributed by atoms with van der Waals surface area (Å²) in [5.41, 5.74) is 1.18. The molecule has 22 heavy (non-hydrogen) atoms. The van der Waals surface area contributed by atoms with Crippen LogP contribution in [0.5, 0.6) is 0 Å². The normalized spacial score (nSPS) is 21.3. The van der Waals surface area contributed by atoms with Crippen molar-refractivity contribution in [3.63, 3.8) is 0 Å². The fourth-order valence-electron chi connectivity index (χ4n) is 2.25. The fourth-order valence-corrected chi connectivity index (χ4v) is 2.51. The van der Waals surface area contributed by atoms with Crippen LogP contribution < -0.4 is 10.6 Å². The van der Waals surface area contributed by atoms with E-state index in [0.29, 0.717) is 12.3 Å². The van der Waals surface area contributed by atoms with Gasteiger partial charge >= 0.3 is 12.0 Å². The molecule has 1 aromatic carbocycles. The van der Waals surface area contributed by atoms with Gasteiger partial charge in [-0.2, -0.15) is 0 Å². The van der Waals surface area contributed by atoms with E-state index >= 15 is 0 Å². The third-order valence-corrected chi connectivity index (χ3v) is 3.84. The summed E-state index contributed by atoms with van der Waals surface area (Å²) >= 11 is 3.37. The van der Waals surface area contributed by atoms with Crippen LogP contribution in [0, 0.1) is 11.8 Å². The maximum atomic E-state index is 12.4. The lowest BCUT2D eigenvalue weighted by Crippen LogP contribution is -2.51. The van der Waals surface area contributed by atoms with Crippen molar-refractivity contribution in [2.24, 2.45) is 11.8 Å². The molecular formula is C16H19BrN2O3. The molecule has 0 aromatic heterocycles. The average Bonchev–Trinajstić information content (AvgIpc) is 2.44. The van der Waals surface area contributed by atoms with Gasteiger partial charge in [0, 0.05) is 10.2 Å². The Hall–Kier alpha value is -1.82. The first kappa shape index (κ1) is 16.5. The van der Waals surface area contributed by atoms with Crippen LogP contribution in [0.25, 0.3) is 0 Å². The lowest BCUT2D eigenvalue weighted by atomic mass is 9.89. The van der Waals surface area contributed by atoms with Gasteiger partial charge in [0.05, 0.1) is 12.6 Å². The molecule has 2 unspecified atom stereocenters. The molecule has 0 bridgehead atoms. The van der Waals surface area contributed by atoms with Crippen LogP contribution in [0.2, 0.25) is 0 Å². The van der Waals surface area contributed by atoms with Gasteiger partial charge in [0.25, 0.3) is 0 Å². The molecule has 1 aliphatic rings. The first-order valence-corrected chi connectivity index (χ1v) is 7.86. The van der Waals surface area contributed by atoms with Gasteiger partial charge in [0.1, 0.15) is 5.92 Å². The summed E-state index contributed by atoms with van der Waals surface area (Å²) in [5.74, 6) is -0.800. The molecule has 1 saturated heterocycles. The Balaban J connectivity index is 2.25. The number of esters is 1. The number of benzene rings is 1. The molecule has 6 heteroatoms. The standard InChI is InChI=1S/C16H19BrN2O3/c1-9(2)8-22-15(20)13-10(3)18-16(21)19-14(13)11-4-6-12(17)7-5-11/h4-7,9,13-14H,3,8H2,1-2H3,(H2,18,19,21). The van der Waals surface area contributed by atoms with Gasteiger partial charge in [-0.1, -0.05) is 48.5 Å². The smallest absolute Gasteiger partial charge is 0.319 e. The minimum Gasteiger partial charge on any atom is -0.465 e. The number of carbonyl (C=O) groups excluding carboxylic acids is 2. The van der Waals surface area contributed by atoms with Crippen molar-refractivity contribution in [2.75, 3.05) is 6.61 Å². The molecule has 0 radical (unpaired) electrons. The summed E-state index contributed by atoms with van der Waals surface area (Å²) in [6.45, 7) is 8.08. The molecule has 1 aromatic rings. The lowest BCUT2D eigenvalue weighted by Gasteiger charge is -2.33. The van der Waals surface area contributed by atoms with Gasteiger partial charge in [-0.3, -0.25) is 4.79 Å². The molecule has 2 N–H and O–H groups in total. The highest BCUT2D eigenvalue weighted by Gasteiger charge is 2.38. The maximum absolute atomic E-state index is 12.4. The zero-order valence-corrected chi connectivity index (χ0v) is 14.1. The fraction of sp³-hybridized carbons (Fsp3) is 0.375. The zero-order valence-electron chi connectivity index (χ0n) is 12.6. The first-order valence-electron chi connectivity index (χ1n) is 7.07. The average molecular weight is 367 g/mol. The molecule has 2 amide bonds. The number of hydrogen-bond donors (Lipinski definition) is 2. The maximum Gasteiger partial charge on any atom is 0.319 e. The van der Waals surface area contributed by atoms with E-state index in [9.17, 15) is 9.59 Å². The van der Waals surface area contributed by atoms with E-state index in [1.807, 2.05) is 38.1 Å². The molecule has 2 rings (SSSR count). The van der Waals surface area contributed by atoms with E-state index in [4.69, 9.17) is 4.74 Å². The van der Waals surface area contributed by atoms with Gasteiger partial charge < -0.3 is 15.4 Å². The Kier molecular flexibility index (Phi) is 5.24. The molecule has 1 heterocycles. The van der Waals surface area contributed by atoms with E-state index < -0.39 is 12.0 Å². The minimum atomic E-state index is -0.655. The highest BCUT2D eigenvalue weighted by molar-refractivity contribution is 9.10. The van der Waals surface area contributed by atoms with Gasteiger partial charge in [0.15, 0.2) is 0 Å². The molecule has 0 aliphatic carbocycles. The number of amides is 2. The second-order valence-electron chi connectivity index (χ2n) is 5.65. The van der Waals surface area contributed by atoms with Gasteiger partial charge in [-0.15, -0.1) is 0 Å². The van der Waals surface area contributed by atoms with Crippen molar-refractivity contribution in [3.05, 3.63) is 46.6 Å². The number of nitrogens with one attached hydrogen (secondary N) is 2. The number of hydrogen-bond acceptors (Lipinski definition) is 3. The predicted molar refractivity (Wildman–Crippen MR) is 87.0 cm³/mol. The minimum absolute atomic E-state index is 0.245. The summed E-state index contributed by atoms with van der Waals surface area (Å²) in [5, 5.41) is 5.33. The van der Waals surface area contributed by atoms with E-state index in [1.165, 1.54) is 0 Å². The summed E-state index contributed by atoms with van der Waals surface area (Å²) in [6.07, 6.45) is 0. The summed E-state index contributed by atoms with van der Waals surface area (Å²) < 4.78 is 6.25. The second kappa shape index (κ2) is 6.96. The van der Waals surface area contributed by atoms with E-state index in [0.717, 1.165) is 10.0 Å². The highest BCUT2D eigenvalue weighted by Crippen LogP contribution is 2.31. The summed E-state index contributed by atoms with van der Waals surface area (Å²) in [7, 11) is 0. The summed E-state index contributed by atoms with van der Waals surface area (Å²) in [6, 6.07) is 6.58. The molecule has 5 nitrogen and oxygen atoms in total. The van der Waals surface area contributed by atoms with Gasteiger partial charge in [0.2, 0.25) is 0 Å². The molecule has 0 saturated carbocycles. The van der Waals surface area contributed by atoms with Crippen LogP contribution >= 0.6 is 15.9 Å². The molecule has 1 fully saturated rings. The van der Waals surface area contributed by atoms with E-state index in [2.05, 4.69) is 33.1 Å². The third kappa shape index (κ3) is 3.88. The molecule has 118 valence electrons. The van der Waals surface area contributed by atoms with Crippen molar-refractivity contribution in [3.8, 4) is 0 Å². The summed E-state index contributed by atoms with van der Waals surface area (Å²) in [4.78, 5) is 24.1. The zero-order chi connectivity index (χ0) is 16.3. The van der Waals surface area contributed by atoms with Crippen LogP contribution in [-0.2, 0) is 9.53 Å². The van der Waals surface area contributed by atoms with Crippen molar-refractivity contribution >= 4 is 27.9 Å². The molecular weight excluding hydrogens is 348 g/mol. The molecule has 1 aliphatic heterocycles. The Morgan fingerprint density at radius 3 is 2.59 bits per heavy atom. The predicted octanol–water partition coefficient (Wildman–Crippen LogP) is 3.13. The highest BCUT2D eigenvalue weighted by atomic mass is 79.9. The number of rotatable bonds is 4. The van der Waals surface area contributed by atoms with Crippen molar-refractivity contribution in [1.82, 2.24) is 10.6 Å². The van der Waals surface area contributed by atoms with Crippen molar-refractivity contribution in [1.29, 1.82) is 0 Å². The van der Waals surface area contributed by atoms with Crippen LogP contribution in [0.1, 0.15) is 25.5 Å². The van der Waals surface area contributed by atoms with Crippen molar-refractivity contribution < 1.29 is 14.3 Å². The largest absolute Gasteiger partial charge is 0.465 e. The monoisotopic (exact) mass is 366 g/mol. The van der Waals surface area contributed by atoms with Gasteiger partial charge in [-0.25, -0.2) is 4.79 Å². The Bertz CT molecular complexity index is 584. The van der Waals surface area contributed by atoms with Crippen LogP contribution in [0.4, 0.5) is 4.79 Å². The Labute approximate surface area is 138 Å². The van der Waals surface area contributed by atoms with Crippen LogP contribution in [-0.4, -0.2) is 18.6 Å². The third-order valence-electron chi connectivity index (χ3n) is 3.31. The SMILES string of the molecule is C=C1NC(=O)NC(c2ccc(Br)cc2)C1C(=O)OCC(C)C. The Morgan fingerprint density at radius 2 is 2.00 bits per heavy atom. The Morgan fingerprint density at radius 1 is 1.36 bits per heavy atom. The number of halogens is 1. The second-order valence-corrected chi connectivity index (χ2v) is 6.57.